The number of piperidine rings is 1. The van der Waals surface area contributed by atoms with Crippen molar-refractivity contribution in [3.63, 3.8) is 0 Å². The Labute approximate surface area is 119 Å². The van der Waals surface area contributed by atoms with Gasteiger partial charge in [0.15, 0.2) is 0 Å². The van der Waals surface area contributed by atoms with Crippen molar-refractivity contribution in [3.8, 4) is 0 Å². The highest BCUT2D eigenvalue weighted by atomic mass is 79.9. The number of nitrogens with zero attached hydrogens (tertiary/aromatic N) is 1. The van der Waals surface area contributed by atoms with E-state index in [0.717, 1.165) is 15.2 Å². The van der Waals surface area contributed by atoms with Crippen molar-refractivity contribution in [1.82, 2.24) is 4.31 Å². The summed E-state index contributed by atoms with van der Waals surface area (Å²) >= 11 is 3.24. The Kier molecular flexibility index (Phi) is 2.95. The molecule has 0 unspecified atom stereocenters. The van der Waals surface area contributed by atoms with Crippen LogP contribution in [0.2, 0.25) is 0 Å². The van der Waals surface area contributed by atoms with Gasteiger partial charge in [-0.2, -0.15) is 4.31 Å². The van der Waals surface area contributed by atoms with Crippen molar-refractivity contribution in [2.75, 3.05) is 6.54 Å². The van der Waals surface area contributed by atoms with Crippen molar-refractivity contribution < 1.29 is 18.3 Å². The van der Waals surface area contributed by atoms with Crippen LogP contribution in [0.25, 0.3) is 0 Å². The molecule has 1 aliphatic carbocycles. The molecule has 1 aliphatic heterocycles. The molecule has 1 N–H and O–H groups in total. The minimum Gasteiger partial charge on any atom is -0.480 e. The maximum atomic E-state index is 12.5. The third-order valence-electron chi connectivity index (χ3n) is 3.78. The molecule has 0 aromatic heterocycles. The lowest BCUT2D eigenvalue weighted by atomic mass is 10.2. The summed E-state index contributed by atoms with van der Waals surface area (Å²) in [6, 6.07) is 5.35. The topological polar surface area (TPSA) is 74.7 Å². The minimum atomic E-state index is -3.72. The normalized spacial score (nSPS) is 30.1. The predicted octanol–water partition coefficient (Wildman–Crippen LogP) is 1.54. The van der Waals surface area contributed by atoms with Gasteiger partial charge >= 0.3 is 5.97 Å². The molecule has 1 saturated carbocycles. The van der Waals surface area contributed by atoms with Crippen LogP contribution in [0.4, 0.5) is 0 Å². The lowest BCUT2D eigenvalue weighted by Crippen LogP contribution is -2.43. The molecule has 1 aromatic rings. The second-order valence-corrected chi connectivity index (χ2v) is 7.78. The van der Waals surface area contributed by atoms with Crippen LogP contribution in [-0.4, -0.2) is 36.4 Å². The number of sulfonamides is 1. The Morgan fingerprint density at radius 3 is 2.53 bits per heavy atom. The number of carboxylic acids is 1. The maximum Gasteiger partial charge on any atom is 0.322 e. The van der Waals surface area contributed by atoms with Gasteiger partial charge in [0.05, 0.1) is 4.90 Å². The molecule has 7 heteroatoms. The molecule has 19 heavy (non-hydrogen) atoms. The number of carbonyl (C=O) groups is 1. The second kappa shape index (κ2) is 4.29. The van der Waals surface area contributed by atoms with E-state index < -0.39 is 22.0 Å². The Bertz CT molecular complexity index is 628. The largest absolute Gasteiger partial charge is 0.480 e. The van der Waals surface area contributed by atoms with E-state index in [-0.39, 0.29) is 16.7 Å². The van der Waals surface area contributed by atoms with E-state index in [4.69, 9.17) is 0 Å². The van der Waals surface area contributed by atoms with Crippen LogP contribution >= 0.6 is 15.9 Å². The summed E-state index contributed by atoms with van der Waals surface area (Å²) in [5.41, 5.74) is 0. The van der Waals surface area contributed by atoms with Crippen molar-refractivity contribution in [2.45, 2.75) is 17.4 Å². The first-order chi connectivity index (χ1) is 8.91. The molecule has 1 heterocycles. The molecule has 0 spiro atoms. The quantitative estimate of drug-likeness (QED) is 0.901. The molecule has 1 aromatic carbocycles. The first-order valence-electron chi connectivity index (χ1n) is 5.91. The monoisotopic (exact) mass is 345 g/mol. The summed E-state index contributed by atoms with van der Waals surface area (Å²) in [4.78, 5) is 11.4. The summed E-state index contributed by atoms with van der Waals surface area (Å²) in [5, 5.41) is 9.22. The number of aliphatic carboxylic acids is 1. The molecular weight excluding hydrogens is 334 g/mol. The Morgan fingerprint density at radius 1 is 1.32 bits per heavy atom. The molecule has 0 radical (unpaired) electrons. The van der Waals surface area contributed by atoms with E-state index in [1.807, 2.05) is 0 Å². The smallest absolute Gasteiger partial charge is 0.322 e. The van der Waals surface area contributed by atoms with E-state index in [0.29, 0.717) is 6.54 Å². The fraction of sp³-hybridized carbons (Fsp3) is 0.417. The van der Waals surface area contributed by atoms with E-state index in [9.17, 15) is 18.3 Å². The van der Waals surface area contributed by atoms with Crippen molar-refractivity contribution >= 4 is 31.9 Å². The van der Waals surface area contributed by atoms with E-state index in [2.05, 4.69) is 15.9 Å². The van der Waals surface area contributed by atoms with Gasteiger partial charge in [0, 0.05) is 11.0 Å². The van der Waals surface area contributed by atoms with Gasteiger partial charge in [-0.25, -0.2) is 8.42 Å². The molecule has 5 nitrogen and oxygen atoms in total. The van der Waals surface area contributed by atoms with Crippen molar-refractivity contribution in [2.24, 2.45) is 11.8 Å². The number of carboxylic acid groups (broad SMARTS) is 1. The Balaban J connectivity index is 1.96. The summed E-state index contributed by atoms with van der Waals surface area (Å²) in [5.74, 6) is -0.847. The first-order valence-corrected chi connectivity index (χ1v) is 8.15. The average Bonchev–Trinajstić information content (AvgIpc) is 2.99. The molecule has 0 amide bonds. The minimum absolute atomic E-state index is 0.0114. The zero-order chi connectivity index (χ0) is 13.8. The number of rotatable bonds is 3. The van der Waals surface area contributed by atoms with Crippen LogP contribution < -0.4 is 0 Å². The zero-order valence-electron chi connectivity index (χ0n) is 9.86. The summed E-state index contributed by atoms with van der Waals surface area (Å²) in [7, 11) is -3.72. The average molecular weight is 346 g/mol. The number of hydrogen-bond donors (Lipinski definition) is 1. The molecule has 1 saturated heterocycles. The van der Waals surface area contributed by atoms with Gasteiger partial charge in [-0.1, -0.05) is 15.9 Å². The number of fused-ring (bicyclic) bond motifs is 1. The van der Waals surface area contributed by atoms with E-state index in [1.165, 1.54) is 12.1 Å². The van der Waals surface area contributed by atoms with Gasteiger partial charge in [0.25, 0.3) is 0 Å². The predicted molar refractivity (Wildman–Crippen MR) is 71.1 cm³/mol. The highest BCUT2D eigenvalue weighted by molar-refractivity contribution is 9.10. The molecule has 102 valence electrons. The van der Waals surface area contributed by atoms with Crippen molar-refractivity contribution in [3.05, 3.63) is 28.7 Å². The molecule has 2 fully saturated rings. The van der Waals surface area contributed by atoms with Gasteiger partial charge in [-0.15, -0.1) is 0 Å². The summed E-state index contributed by atoms with van der Waals surface area (Å²) in [6.07, 6.45) is 0.823. The van der Waals surface area contributed by atoms with E-state index in [1.54, 1.807) is 12.1 Å². The molecule has 3 atom stereocenters. The summed E-state index contributed by atoms with van der Waals surface area (Å²) in [6.45, 7) is 0.319. The third-order valence-corrected chi connectivity index (χ3v) is 6.17. The van der Waals surface area contributed by atoms with Gasteiger partial charge in [0.1, 0.15) is 6.04 Å². The van der Waals surface area contributed by atoms with Crippen LogP contribution in [0.5, 0.6) is 0 Å². The van der Waals surface area contributed by atoms with Crippen LogP contribution in [0.3, 0.4) is 0 Å². The Hall–Kier alpha value is -0.920. The third kappa shape index (κ3) is 2.09. The van der Waals surface area contributed by atoms with Crippen LogP contribution in [0.1, 0.15) is 6.42 Å². The standard InChI is InChI=1S/C12H12BrNO4S/c13-8-1-3-9(4-2-8)19(17,18)14-6-7-5-10(7)11(14)12(15)16/h1-4,7,10-11H,5-6H2,(H,15,16)/t7-,10+,11+/m1/s1. The second-order valence-electron chi connectivity index (χ2n) is 4.97. The molecular formula is C12H12BrNO4S. The van der Waals surface area contributed by atoms with Crippen LogP contribution in [0, 0.1) is 11.8 Å². The molecule has 0 bridgehead atoms. The number of hydrogen-bond acceptors (Lipinski definition) is 3. The van der Waals surface area contributed by atoms with Crippen molar-refractivity contribution in [1.29, 1.82) is 0 Å². The molecule has 2 aliphatic rings. The fourth-order valence-electron chi connectivity index (χ4n) is 2.72. The van der Waals surface area contributed by atoms with Gasteiger partial charge in [0.2, 0.25) is 10.0 Å². The highest BCUT2D eigenvalue weighted by Gasteiger charge is 2.59. The summed E-state index contributed by atoms with van der Waals surface area (Å²) < 4.78 is 26.9. The van der Waals surface area contributed by atoms with Crippen LogP contribution in [-0.2, 0) is 14.8 Å². The highest BCUT2D eigenvalue weighted by Crippen LogP contribution is 2.51. The van der Waals surface area contributed by atoms with Gasteiger partial charge in [-0.05, 0) is 42.5 Å². The maximum absolute atomic E-state index is 12.5. The zero-order valence-corrected chi connectivity index (χ0v) is 12.3. The number of halogens is 1. The lowest BCUT2D eigenvalue weighted by Gasteiger charge is -2.23. The van der Waals surface area contributed by atoms with Gasteiger partial charge in [-0.3, -0.25) is 4.79 Å². The fourth-order valence-corrected chi connectivity index (χ4v) is 4.67. The van der Waals surface area contributed by atoms with E-state index >= 15 is 0 Å². The Morgan fingerprint density at radius 2 is 1.95 bits per heavy atom. The lowest BCUT2D eigenvalue weighted by molar-refractivity contribution is -0.141. The van der Waals surface area contributed by atoms with Crippen LogP contribution in [0.15, 0.2) is 33.6 Å². The number of benzene rings is 1. The molecule has 3 rings (SSSR count). The first kappa shape index (κ1) is 13.1. The SMILES string of the molecule is O=C(O)[C@@H]1[C@H]2C[C@@H]2CN1S(=O)(=O)c1ccc(Br)cc1. The van der Waals surface area contributed by atoms with Gasteiger partial charge < -0.3 is 5.11 Å².